The van der Waals surface area contributed by atoms with E-state index in [2.05, 4.69) is 5.32 Å². The quantitative estimate of drug-likeness (QED) is 0.683. The fourth-order valence-electron chi connectivity index (χ4n) is 1.55. The summed E-state index contributed by atoms with van der Waals surface area (Å²) in [7, 11) is 1.47. The van der Waals surface area contributed by atoms with E-state index in [9.17, 15) is 4.79 Å². The van der Waals surface area contributed by atoms with E-state index in [1.165, 1.54) is 7.11 Å². The highest BCUT2D eigenvalue weighted by Gasteiger charge is 2.18. The molecule has 100 valence electrons. The summed E-state index contributed by atoms with van der Waals surface area (Å²) in [5.74, 6) is 0.104. The zero-order chi connectivity index (χ0) is 13.7. The maximum absolute atomic E-state index is 12.1. The van der Waals surface area contributed by atoms with Gasteiger partial charge in [-0.05, 0) is 25.0 Å². The first-order valence-corrected chi connectivity index (χ1v) is 5.85. The number of hydrogen-bond acceptors (Lipinski definition) is 4. The van der Waals surface area contributed by atoms with Crippen molar-refractivity contribution in [1.82, 2.24) is 5.32 Å². The lowest BCUT2D eigenvalue weighted by Gasteiger charge is -2.20. The zero-order valence-electron chi connectivity index (χ0n) is 10.9. The van der Waals surface area contributed by atoms with Crippen LogP contribution in [0.1, 0.15) is 24.2 Å². The Bertz CT molecular complexity index is 421. The standard InChI is InChI=1S/C13H20N2O3/c1-8(7-16)9(2)15-13(17)10-5-4-6-11(14)12(10)18-3/h4-6,8-9,16H,7,14H2,1-3H3,(H,15,17). The number of amides is 1. The van der Waals surface area contributed by atoms with Gasteiger partial charge >= 0.3 is 0 Å². The second-order valence-corrected chi connectivity index (χ2v) is 4.35. The highest BCUT2D eigenvalue weighted by atomic mass is 16.5. The minimum absolute atomic E-state index is 0.0130. The van der Waals surface area contributed by atoms with Crippen LogP contribution >= 0.6 is 0 Å². The van der Waals surface area contributed by atoms with Gasteiger partial charge in [-0.3, -0.25) is 4.79 Å². The van der Waals surface area contributed by atoms with Crippen molar-refractivity contribution in [1.29, 1.82) is 0 Å². The van der Waals surface area contributed by atoms with Gasteiger partial charge in [0.25, 0.3) is 5.91 Å². The first-order valence-electron chi connectivity index (χ1n) is 5.85. The summed E-state index contributed by atoms with van der Waals surface area (Å²) in [6, 6.07) is 4.90. The number of rotatable bonds is 5. The van der Waals surface area contributed by atoms with E-state index in [1.54, 1.807) is 18.2 Å². The van der Waals surface area contributed by atoms with Crippen molar-refractivity contribution in [3.05, 3.63) is 23.8 Å². The topological polar surface area (TPSA) is 84.6 Å². The molecule has 4 N–H and O–H groups in total. The number of aliphatic hydroxyl groups is 1. The largest absolute Gasteiger partial charge is 0.494 e. The van der Waals surface area contributed by atoms with Gasteiger partial charge in [-0.15, -0.1) is 0 Å². The lowest BCUT2D eigenvalue weighted by atomic mass is 10.0. The summed E-state index contributed by atoms with van der Waals surface area (Å²) < 4.78 is 5.13. The monoisotopic (exact) mass is 252 g/mol. The van der Waals surface area contributed by atoms with E-state index in [0.29, 0.717) is 17.0 Å². The number of nitrogens with two attached hydrogens (primary N) is 1. The normalized spacial score (nSPS) is 13.8. The van der Waals surface area contributed by atoms with E-state index in [0.717, 1.165) is 0 Å². The summed E-state index contributed by atoms with van der Waals surface area (Å²) in [6.45, 7) is 3.73. The number of para-hydroxylation sites is 1. The third kappa shape index (κ3) is 3.13. The molecule has 0 aromatic heterocycles. The first-order chi connectivity index (χ1) is 8.51. The highest BCUT2D eigenvalue weighted by molar-refractivity contribution is 5.98. The van der Waals surface area contributed by atoms with Crippen LogP contribution in [0.3, 0.4) is 0 Å². The number of ether oxygens (including phenoxy) is 1. The van der Waals surface area contributed by atoms with Gasteiger partial charge in [0.2, 0.25) is 0 Å². The summed E-state index contributed by atoms with van der Waals surface area (Å²) in [5, 5.41) is 11.9. The number of nitrogen functional groups attached to an aromatic ring is 1. The Morgan fingerprint density at radius 3 is 2.72 bits per heavy atom. The predicted molar refractivity (Wildman–Crippen MR) is 70.6 cm³/mol. The van der Waals surface area contributed by atoms with E-state index >= 15 is 0 Å². The van der Waals surface area contributed by atoms with Gasteiger partial charge in [0.15, 0.2) is 5.75 Å². The Balaban J connectivity index is 2.88. The number of carbonyl (C=O) groups is 1. The number of carbonyl (C=O) groups excluding carboxylic acids is 1. The summed E-state index contributed by atoms with van der Waals surface area (Å²) in [4.78, 5) is 12.1. The molecule has 0 saturated heterocycles. The van der Waals surface area contributed by atoms with E-state index < -0.39 is 0 Å². The van der Waals surface area contributed by atoms with Gasteiger partial charge in [0, 0.05) is 12.6 Å². The molecule has 1 rings (SSSR count). The molecule has 1 aromatic carbocycles. The Kier molecular flexibility index (Phi) is 4.97. The molecule has 0 heterocycles. The van der Waals surface area contributed by atoms with Crippen LogP contribution < -0.4 is 15.8 Å². The average Bonchev–Trinajstić information content (AvgIpc) is 2.37. The van der Waals surface area contributed by atoms with Crippen molar-refractivity contribution in [3.8, 4) is 5.75 Å². The van der Waals surface area contributed by atoms with Crippen molar-refractivity contribution in [2.45, 2.75) is 19.9 Å². The lowest BCUT2D eigenvalue weighted by molar-refractivity contribution is 0.0913. The number of benzene rings is 1. The van der Waals surface area contributed by atoms with Crippen LogP contribution in [0.25, 0.3) is 0 Å². The molecule has 5 heteroatoms. The second kappa shape index (κ2) is 6.26. The van der Waals surface area contributed by atoms with Crippen molar-refractivity contribution < 1.29 is 14.6 Å². The summed E-state index contributed by atoms with van der Waals surface area (Å²) >= 11 is 0. The van der Waals surface area contributed by atoms with E-state index in [1.807, 2.05) is 13.8 Å². The molecule has 1 aromatic rings. The third-order valence-electron chi connectivity index (χ3n) is 2.99. The van der Waals surface area contributed by atoms with Crippen LogP contribution in [-0.2, 0) is 0 Å². The van der Waals surface area contributed by atoms with Crippen LogP contribution in [-0.4, -0.2) is 30.8 Å². The molecule has 0 radical (unpaired) electrons. The fourth-order valence-corrected chi connectivity index (χ4v) is 1.55. The SMILES string of the molecule is COc1c(N)cccc1C(=O)NC(C)C(C)CO. The lowest BCUT2D eigenvalue weighted by Crippen LogP contribution is -2.38. The van der Waals surface area contributed by atoms with Gasteiger partial charge in [-0.25, -0.2) is 0 Å². The van der Waals surface area contributed by atoms with Crippen molar-refractivity contribution in [3.63, 3.8) is 0 Å². The molecule has 2 atom stereocenters. The first kappa shape index (κ1) is 14.3. The number of hydrogen-bond donors (Lipinski definition) is 3. The molecule has 1 amide bonds. The Hall–Kier alpha value is -1.75. The second-order valence-electron chi connectivity index (χ2n) is 4.35. The molecule has 0 aliphatic heterocycles. The van der Waals surface area contributed by atoms with Crippen LogP contribution in [0, 0.1) is 5.92 Å². The molecule has 18 heavy (non-hydrogen) atoms. The summed E-state index contributed by atoms with van der Waals surface area (Å²) in [5.41, 5.74) is 6.56. The van der Waals surface area contributed by atoms with Gasteiger partial charge in [0.05, 0.1) is 18.4 Å². The van der Waals surface area contributed by atoms with Gasteiger partial charge in [0.1, 0.15) is 0 Å². The van der Waals surface area contributed by atoms with E-state index in [-0.39, 0.29) is 24.5 Å². The number of anilines is 1. The molecule has 0 aliphatic carbocycles. The van der Waals surface area contributed by atoms with Crippen molar-refractivity contribution in [2.75, 3.05) is 19.5 Å². The zero-order valence-corrected chi connectivity index (χ0v) is 10.9. The molecule has 0 spiro atoms. The molecule has 0 aliphatic rings. The number of aliphatic hydroxyl groups excluding tert-OH is 1. The molecule has 5 nitrogen and oxygen atoms in total. The van der Waals surface area contributed by atoms with E-state index in [4.69, 9.17) is 15.6 Å². The van der Waals surface area contributed by atoms with Gasteiger partial charge in [-0.1, -0.05) is 13.0 Å². The van der Waals surface area contributed by atoms with Crippen LogP contribution in [0.2, 0.25) is 0 Å². The molecule has 0 bridgehead atoms. The Morgan fingerprint density at radius 1 is 1.50 bits per heavy atom. The van der Waals surface area contributed by atoms with Crippen LogP contribution in [0.5, 0.6) is 5.75 Å². The minimum atomic E-state index is -0.257. The maximum atomic E-state index is 12.1. The smallest absolute Gasteiger partial charge is 0.255 e. The average molecular weight is 252 g/mol. The predicted octanol–water partition coefficient (Wildman–Crippen LogP) is 1.02. The van der Waals surface area contributed by atoms with Crippen LogP contribution in [0.15, 0.2) is 18.2 Å². The van der Waals surface area contributed by atoms with Crippen LogP contribution in [0.4, 0.5) is 5.69 Å². The maximum Gasteiger partial charge on any atom is 0.255 e. The van der Waals surface area contributed by atoms with Crippen molar-refractivity contribution >= 4 is 11.6 Å². The number of methoxy groups -OCH3 is 1. The Labute approximate surface area is 107 Å². The molecular formula is C13H20N2O3. The van der Waals surface area contributed by atoms with Gasteiger partial charge in [-0.2, -0.15) is 0 Å². The molecular weight excluding hydrogens is 232 g/mol. The summed E-state index contributed by atoms with van der Waals surface area (Å²) in [6.07, 6.45) is 0. The van der Waals surface area contributed by atoms with Crippen molar-refractivity contribution in [2.24, 2.45) is 5.92 Å². The number of nitrogens with one attached hydrogen (secondary N) is 1. The Morgan fingerprint density at radius 2 is 2.17 bits per heavy atom. The third-order valence-corrected chi connectivity index (χ3v) is 2.99. The molecule has 0 saturated carbocycles. The minimum Gasteiger partial charge on any atom is -0.494 e. The fraction of sp³-hybridized carbons (Fsp3) is 0.462. The molecule has 2 unspecified atom stereocenters. The highest BCUT2D eigenvalue weighted by Crippen LogP contribution is 2.25. The van der Waals surface area contributed by atoms with Gasteiger partial charge < -0.3 is 20.9 Å². The molecule has 0 fully saturated rings.